The van der Waals surface area contributed by atoms with Crippen molar-refractivity contribution in [1.29, 1.82) is 0 Å². The molecule has 0 radical (unpaired) electrons. The van der Waals surface area contributed by atoms with Gasteiger partial charge in [-0.15, -0.1) is 0 Å². The fraction of sp³-hybridized carbons (Fsp3) is 0.375. The van der Waals surface area contributed by atoms with Crippen LogP contribution in [0.4, 0.5) is 23.0 Å². The lowest BCUT2D eigenvalue weighted by atomic mass is 10.3. The van der Waals surface area contributed by atoms with Crippen LogP contribution in [0.1, 0.15) is 0 Å². The van der Waals surface area contributed by atoms with Gasteiger partial charge in [-0.3, -0.25) is 4.90 Å². The number of nitrogens with one attached hydrogen (secondary N) is 2. The molecule has 1 aliphatic heterocycles. The van der Waals surface area contributed by atoms with Crippen LogP contribution in [0.25, 0.3) is 0 Å². The van der Waals surface area contributed by atoms with Crippen LogP contribution < -0.4 is 16.4 Å². The summed E-state index contributed by atoms with van der Waals surface area (Å²) in [5.74, 6) is 1.24. The zero-order valence-electron chi connectivity index (χ0n) is 13.3. The van der Waals surface area contributed by atoms with E-state index >= 15 is 0 Å². The van der Waals surface area contributed by atoms with E-state index in [0.717, 1.165) is 49.6 Å². The Morgan fingerprint density at radius 2 is 2.00 bits per heavy atom. The normalized spacial score (nSPS) is 15.2. The van der Waals surface area contributed by atoms with E-state index in [1.807, 2.05) is 24.3 Å². The third-order valence-corrected chi connectivity index (χ3v) is 4.29. The smallest absolute Gasteiger partial charge is 0.159 e. The number of hydrogen-bond acceptors (Lipinski definition) is 7. The molecule has 1 fully saturated rings. The molecule has 128 valence electrons. The molecule has 0 atom stereocenters. The van der Waals surface area contributed by atoms with Crippen molar-refractivity contribution < 1.29 is 4.74 Å². The zero-order valence-corrected chi connectivity index (χ0v) is 14.9. The van der Waals surface area contributed by atoms with Gasteiger partial charge in [0.1, 0.15) is 12.0 Å². The fourth-order valence-electron chi connectivity index (χ4n) is 2.50. The van der Waals surface area contributed by atoms with Crippen molar-refractivity contribution in [3.8, 4) is 0 Å². The van der Waals surface area contributed by atoms with Crippen LogP contribution in [-0.4, -0.2) is 54.3 Å². The lowest BCUT2D eigenvalue weighted by molar-refractivity contribution is 0.0398. The molecule has 3 rings (SSSR count). The molecule has 1 aromatic carbocycles. The quantitative estimate of drug-likeness (QED) is 0.694. The van der Waals surface area contributed by atoms with Gasteiger partial charge in [-0.1, -0.05) is 22.0 Å². The largest absolute Gasteiger partial charge is 0.393 e. The van der Waals surface area contributed by atoms with Gasteiger partial charge >= 0.3 is 0 Å². The van der Waals surface area contributed by atoms with Crippen molar-refractivity contribution >= 4 is 38.9 Å². The van der Waals surface area contributed by atoms with Crippen molar-refractivity contribution in [1.82, 2.24) is 14.9 Å². The molecular formula is C16H21BrN6O. The fourth-order valence-corrected chi connectivity index (χ4v) is 2.90. The second-order valence-corrected chi connectivity index (χ2v) is 6.42. The van der Waals surface area contributed by atoms with Crippen LogP contribution in [0.3, 0.4) is 0 Å². The van der Waals surface area contributed by atoms with E-state index in [9.17, 15) is 0 Å². The average molecular weight is 393 g/mol. The molecule has 7 nitrogen and oxygen atoms in total. The Hall–Kier alpha value is -1.90. The molecule has 0 amide bonds. The van der Waals surface area contributed by atoms with Crippen LogP contribution >= 0.6 is 15.9 Å². The summed E-state index contributed by atoms with van der Waals surface area (Å²) in [6.45, 7) is 5.25. The van der Waals surface area contributed by atoms with Crippen molar-refractivity contribution in [2.75, 3.05) is 55.8 Å². The van der Waals surface area contributed by atoms with E-state index in [-0.39, 0.29) is 0 Å². The van der Waals surface area contributed by atoms with Crippen molar-refractivity contribution in [2.45, 2.75) is 0 Å². The molecule has 1 saturated heterocycles. The molecule has 1 aromatic heterocycles. The van der Waals surface area contributed by atoms with Gasteiger partial charge in [0.15, 0.2) is 11.6 Å². The molecule has 4 N–H and O–H groups in total. The summed E-state index contributed by atoms with van der Waals surface area (Å²) in [7, 11) is 0. The Bertz CT molecular complexity index is 677. The number of aromatic nitrogens is 2. The summed E-state index contributed by atoms with van der Waals surface area (Å²) in [6.07, 6.45) is 1.51. The van der Waals surface area contributed by atoms with Crippen molar-refractivity contribution in [2.24, 2.45) is 0 Å². The number of nitrogen functional groups attached to an aromatic ring is 1. The number of hydrogen-bond donors (Lipinski definition) is 3. The van der Waals surface area contributed by atoms with Crippen LogP contribution in [0.15, 0.2) is 35.1 Å². The monoisotopic (exact) mass is 392 g/mol. The van der Waals surface area contributed by atoms with Crippen molar-refractivity contribution in [3.63, 3.8) is 0 Å². The van der Waals surface area contributed by atoms with E-state index in [1.54, 1.807) is 0 Å². The number of ether oxygens (including phenoxy) is 1. The molecule has 0 bridgehead atoms. The predicted octanol–water partition coefficient (Wildman–Crippen LogP) is 2.31. The maximum Gasteiger partial charge on any atom is 0.159 e. The lowest BCUT2D eigenvalue weighted by Crippen LogP contribution is -2.39. The summed E-state index contributed by atoms with van der Waals surface area (Å²) in [4.78, 5) is 10.8. The first-order valence-corrected chi connectivity index (χ1v) is 8.69. The molecule has 24 heavy (non-hydrogen) atoms. The molecular weight excluding hydrogens is 372 g/mol. The minimum Gasteiger partial charge on any atom is -0.393 e. The highest BCUT2D eigenvalue weighted by Gasteiger charge is 2.11. The maximum atomic E-state index is 6.19. The predicted molar refractivity (Wildman–Crippen MR) is 99.6 cm³/mol. The molecule has 8 heteroatoms. The summed E-state index contributed by atoms with van der Waals surface area (Å²) < 4.78 is 6.34. The highest BCUT2D eigenvalue weighted by Crippen LogP contribution is 2.26. The minimum absolute atomic E-state index is 0.513. The van der Waals surface area contributed by atoms with Crippen LogP contribution in [0.2, 0.25) is 0 Å². The number of anilines is 4. The lowest BCUT2D eigenvalue weighted by Gasteiger charge is -2.26. The van der Waals surface area contributed by atoms with E-state index in [0.29, 0.717) is 17.3 Å². The Labute approximate surface area is 149 Å². The molecule has 0 aliphatic carbocycles. The van der Waals surface area contributed by atoms with Gasteiger partial charge in [-0.25, -0.2) is 9.97 Å². The molecule has 2 heterocycles. The molecule has 0 saturated carbocycles. The maximum absolute atomic E-state index is 6.19. The SMILES string of the molecule is Nc1c(NCCN2CCOCC2)ncnc1Nc1cccc(Br)c1. The van der Waals surface area contributed by atoms with Gasteiger partial charge in [0, 0.05) is 36.3 Å². The number of morpholine rings is 1. The highest BCUT2D eigenvalue weighted by atomic mass is 79.9. The Morgan fingerprint density at radius 3 is 2.79 bits per heavy atom. The number of nitrogens with zero attached hydrogens (tertiary/aromatic N) is 3. The number of nitrogens with two attached hydrogens (primary N) is 1. The summed E-state index contributed by atoms with van der Waals surface area (Å²) in [5, 5.41) is 6.51. The van der Waals surface area contributed by atoms with Gasteiger partial charge in [0.2, 0.25) is 0 Å². The zero-order chi connectivity index (χ0) is 16.8. The van der Waals surface area contributed by atoms with E-state index < -0.39 is 0 Å². The highest BCUT2D eigenvalue weighted by molar-refractivity contribution is 9.10. The van der Waals surface area contributed by atoms with Crippen LogP contribution in [0, 0.1) is 0 Å². The molecule has 2 aromatic rings. The second-order valence-electron chi connectivity index (χ2n) is 5.50. The topological polar surface area (TPSA) is 88.3 Å². The first-order valence-electron chi connectivity index (χ1n) is 7.89. The van der Waals surface area contributed by atoms with Gasteiger partial charge in [0.25, 0.3) is 0 Å². The van der Waals surface area contributed by atoms with Crippen LogP contribution in [-0.2, 0) is 4.74 Å². The standard InChI is InChI=1S/C16H21BrN6O/c17-12-2-1-3-13(10-12)22-16-14(18)15(20-11-21-16)19-4-5-23-6-8-24-9-7-23/h1-3,10-11H,4-9,18H2,(H2,19,20,21,22). The first-order chi connectivity index (χ1) is 11.7. The van der Waals surface area contributed by atoms with E-state index in [2.05, 4.69) is 41.4 Å². The van der Waals surface area contributed by atoms with E-state index in [1.165, 1.54) is 6.33 Å². The summed E-state index contributed by atoms with van der Waals surface area (Å²) in [5.41, 5.74) is 7.62. The minimum atomic E-state index is 0.513. The molecule has 1 aliphatic rings. The third kappa shape index (κ3) is 4.56. The molecule has 0 spiro atoms. The van der Waals surface area contributed by atoms with Gasteiger partial charge in [-0.05, 0) is 18.2 Å². The Balaban J connectivity index is 1.60. The number of halogens is 1. The van der Waals surface area contributed by atoms with Gasteiger partial charge < -0.3 is 21.1 Å². The number of benzene rings is 1. The summed E-state index contributed by atoms with van der Waals surface area (Å²) >= 11 is 3.45. The number of rotatable bonds is 6. The van der Waals surface area contributed by atoms with Crippen LogP contribution in [0.5, 0.6) is 0 Å². The van der Waals surface area contributed by atoms with Gasteiger partial charge in [-0.2, -0.15) is 0 Å². The van der Waals surface area contributed by atoms with Gasteiger partial charge in [0.05, 0.1) is 13.2 Å². The van der Waals surface area contributed by atoms with Crippen molar-refractivity contribution in [3.05, 3.63) is 35.1 Å². The Morgan fingerprint density at radius 1 is 1.21 bits per heavy atom. The first kappa shape index (κ1) is 16.9. The third-order valence-electron chi connectivity index (χ3n) is 3.80. The average Bonchev–Trinajstić information content (AvgIpc) is 2.59. The van der Waals surface area contributed by atoms with E-state index in [4.69, 9.17) is 10.5 Å². The molecule has 0 unspecified atom stereocenters. The summed E-state index contributed by atoms with van der Waals surface area (Å²) in [6, 6.07) is 7.84. The Kier molecular flexibility index (Phi) is 5.84. The second kappa shape index (κ2) is 8.27.